The molecule has 6 nitrogen and oxygen atoms in total. The van der Waals surface area contributed by atoms with Gasteiger partial charge in [-0.2, -0.15) is 5.26 Å². The molecule has 0 aliphatic rings. The molecule has 0 fully saturated rings. The average Bonchev–Trinajstić information content (AvgIpc) is 2.75. The molecular formula is C24H23N3O3S. The number of nitrogens with zero attached hydrogens (tertiary/aromatic N) is 1. The predicted molar refractivity (Wildman–Crippen MR) is 122 cm³/mol. The lowest BCUT2D eigenvalue weighted by Crippen LogP contribution is -2.24. The topological polar surface area (TPSA) is 99.1 Å². The third kappa shape index (κ3) is 7.28. The Morgan fingerprint density at radius 2 is 1.48 bits per heavy atom. The van der Waals surface area contributed by atoms with E-state index in [1.807, 2.05) is 36.4 Å². The molecule has 0 radical (unpaired) electrons. The monoisotopic (exact) mass is 433 g/mol. The lowest BCUT2D eigenvalue weighted by atomic mass is 10.1. The molecule has 3 aromatic carbocycles. The molecule has 0 unspecified atom stereocenters. The van der Waals surface area contributed by atoms with Gasteiger partial charge in [-0.1, -0.05) is 42.5 Å². The van der Waals surface area contributed by atoms with Gasteiger partial charge in [-0.25, -0.2) is 8.42 Å². The molecule has 2 N–H and O–H groups in total. The van der Waals surface area contributed by atoms with Crippen molar-refractivity contribution in [2.75, 3.05) is 22.9 Å². The zero-order valence-electron chi connectivity index (χ0n) is 16.9. The molecule has 0 bridgehead atoms. The van der Waals surface area contributed by atoms with Crippen LogP contribution in [0.1, 0.15) is 16.7 Å². The highest BCUT2D eigenvalue weighted by atomic mass is 32.2. The highest BCUT2D eigenvalue weighted by Gasteiger charge is 2.17. The summed E-state index contributed by atoms with van der Waals surface area (Å²) >= 11 is 0. The van der Waals surface area contributed by atoms with Gasteiger partial charge in [0.15, 0.2) is 9.84 Å². The van der Waals surface area contributed by atoms with Gasteiger partial charge in [0, 0.05) is 17.9 Å². The summed E-state index contributed by atoms with van der Waals surface area (Å²) in [4.78, 5) is 12.2. The summed E-state index contributed by atoms with van der Waals surface area (Å²) in [6.45, 7) is 0.781. The van der Waals surface area contributed by atoms with Crippen LogP contribution in [0.2, 0.25) is 0 Å². The van der Waals surface area contributed by atoms with Crippen LogP contribution in [0, 0.1) is 11.3 Å². The SMILES string of the molecule is N#Cc1ccc(CS(=O)(=O)CC(=O)Nc2ccc(NCCc3ccccc3)cc2)cc1. The standard InChI is InChI=1S/C24H23N3O3S/c25-16-20-6-8-21(9-7-20)17-31(29,30)18-24(28)27-23-12-10-22(11-13-23)26-15-14-19-4-2-1-3-5-19/h1-13,26H,14-15,17-18H2,(H,27,28). The molecule has 7 heteroatoms. The average molecular weight is 434 g/mol. The van der Waals surface area contributed by atoms with Crippen LogP contribution in [0.5, 0.6) is 0 Å². The predicted octanol–water partition coefficient (Wildman–Crippen LogP) is 3.77. The van der Waals surface area contributed by atoms with Gasteiger partial charge < -0.3 is 10.6 Å². The molecule has 3 aromatic rings. The van der Waals surface area contributed by atoms with E-state index < -0.39 is 21.5 Å². The van der Waals surface area contributed by atoms with E-state index in [0.717, 1.165) is 18.7 Å². The van der Waals surface area contributed by atoms with E-state index in [-0.39, 0.29) is 5.75 Å². The number of amides is 1. The third-order valence-corrected chi connectivity index (χ3v) is 6.05. The highest BCUT2D eigenvalue weighted by Crippen LogP contribution is 2.15. The van der Waals surface area contributed by atoms with Crippen molar-refractivity contribution in [2.45, 2.75) is 12.2 Å². The fourth-order valence-corrected chi connectivity index (χ4v) is 4.32. The number of anilines is 2. The number of carbonyl (C=O) groups is 1. The van der Waals surface area contributed by atoms with Gasteiger partial charge >= 0.3 is 0 Å². The normalized spacial score (nSPS) is 10.8. The summed E-state index contributed by atoms with van der Waals surface area (Å²) in [6.07, 6.45) is 0.899. The quantitative estimate of drug-likeness (QED) is 0.535. The second-order valence-corrected chi connectivity index (χ2v) is 9.19. The van der Waals surface area contributed by atoms with Gasteiger partial charge in [-0.15, -0.1) is 0 Å². The molecule has 0 aromatic heterocycles. The number of hydrogen-bond donors (Lipinski definition) is 2. The summed E-state index contributed by atoms with van der Waals surface area (Å²) in [5.41, 5.74) is 3.70. The van der Waals surface area contributed by atoms with Crippen molar-refractivity contribution >= 4 is 27.1 Å². The number of hydrogen-bond acceptors (Lipinski definition) is 5. The molecule has 3 rings (SSSR count). The molecule has 31 heavy (non-hydrogen) atoms. The van der Waals surface area contributed by atoms with Crippen LogP contribution in [0.25, 0.3) is 0 Å². The van der Waals surface area contributed by atoms with Crippen LogP contribution in [0.3, 0.4) is 0 Å². The number of benzene rings is 3. The molecule has 0 spiro atoms. The van der Waals surface area contributed by atoms with Gasteiger partial charge in [0.05, 0.1) is 17.4 Å². The second kappa shape index (κ2) is 10.4. The first-order valence-corrected chi connectivity index (χ1v) is 11.6. The maximum absolute atomic E-state index is 12.3. The maximum Gasteiger partial charge on any atom is 0.239 e. The lowest BCUT2D eigenvalue weighted by Gasteiger charge is -2.09. The van der Waals surface area contributed by atoms with E-state index in [1.54, 1.807) is 36.4 Å². The van der Waals surface area contributed by atoms with Gasteiger partial charge in [-0.3, -0.25) is 4.79 Å². The highest BCUT2D eigenvalue weighted by molar-refractivity contribution is 7.91. The molecule has 0 heterocycles. The molecule has 0 aliphatic heterocycles. The van der Waals surface area contributed by atoms with Crippen LogP contribution in [-0.2, 0) is 26.8 Å². The van der Waals surface area contributed by atoms with Crippen LogP contribution in [0.4, 0.5) is 11.4 Å². The van der Waals surface area contributed by atoms with E-state index in [4.69, 9.17) is 5.26 Å². The molecule has 0 atom stereocenters. The van der Waals surface area contributed by atoms with E-state index in [9.17, 15) is 13.2 Å². The summed E-state index contributed by atoms with van der Waals surface area (Å²) in [6, 6.07) is 25.6. The number of sulfone groups is 1. The third-order valence-electron chi connectivity index (χ3n) is 4.57. The van der Waals surface area contributed by atoms with Gasteiger partial charge in [0.2, 0.25) is 5.91 Å². The minimum atomic E-state index is -3.63. The zero-order chi connectivity index (χ0) is 22.1. The fourth-order valence-electron chi connectivity index (χ4n) is 3.04. The van der Waals surface area contributed by atoms with Crippen molar-refractivity contribution in [1.29, 1.82) is 5.26 Å². The fraction of sp³-hybridized carbons (Fsp3) is 0.167. The zero-order valence-corrected chi connectivity index (χ0v) is 17.7. The Morgan fingerprint density at radius 3 is 2.13 bits per heavy atom. The molecule has 158 valence electrons. The summed E-state index contributed by atoms with van der Waals surface area (Å²) in [5, 5.41) is 14.7. The maximum atomic E-state index is 12.3. The van der Waals surface area contributed by atoms with Crippen molar-refractivity contribution < 1.29 is 13.2 Å². The summed E-state index contributed by atoms with van der Waals surface area (Å²) < 4.78 is 24.6. The minimum Gasteiger partial charge on any atom is -0.385 e. The largest absolute Gasteiger partial charge is 0.385 e. The molecule has 0 saturated heterocycles. The summed E-state index contributed by atoms with van der Waals surface area (Å²) in [5.74, 6) is -1.45. The Balaban J connectivity index is 1.47. The van der Waals surface area contributed by atoms with E-state index in [1.165, 1.54) is 5.56 Å². The number of rotatable bonds is 9. The first-order chi connectivity index (χ1) is 14.9. The first kappa shape index (κ1) is 22.1. The van der Waals surface area contributed by atoms with Crippen LogP contribution in [-0.4, -0.2) is 26.6 Å². The van der Waals surface area contributed by atoms with Crippen molar-refractivity contribution in [3.05, 3.63) is 95.6 Å². The van der Waals surface area contributed by atoms with Crippen LogP contribution >= 0.6 is 0 Å². The Morgan fingerprint density at radius 1 is 0.839 bits per heavy atom. The van der Waals surface area contributed by atoms with Crippen molar-refractivity contribution in [3.8, 4) is 6.07 Å². The minimum absolute atomic E-state index is 0.254. The second-order valence-electron chi connectivity index (χ2n) is 7.13. The molecular weight excluding hydrogens is 410 g/mol. The Bertz CT molecular complexity index is 1150. The Kier molecular flexibility index (Phi) is 7.41. The van der Waals surface area contributed by atoms with Gasteiger partial charge in [0.25, 0.3) is 0 Å². The van der Waals surface area contributed by atoms with Gasteiger partial charge in [0.1, 0.15) is 5.75 Å². The smallest absolute Gasteiger partial charge is 0.239 e. The number of nitriles is 1. The van der Waals surface area contributed by atoms with Crippen LogP contribution in [0.15, 0.2) is 78.9 Å². The molecule has 1 amide bonds. The first-order valence-electron chi connectivity index (χ1n) is 9.81. The Hall–Kier alpha value is -3.63. The van der Waals surface area contributed by atoms with Crippen molar-refractivity contribution in [2.24, 2.45) is 0 Å². The number of carbonyl (C=O) groups excluding carboxylic acids is 1. The summed E-state index contributed by atoms with van der Waals surface area (Å²) in [7, 11) is -3.63. The van der Waals surface area contributed by atoms with E-state index in [2.05, 4.69) is 22.8 Å². The molecule has 0 aliphatic carbocycles. The van der Waals surface area contributed by atoms with Crippen molar-refractivity contribution in [3.63, 3.8) is 0 Å². The lowest BCUT2D eigenvalue weighted by molar-refractivity contribution is -0.113. The van der Waals surface area contributed by atoms with Crippen LogP contribution < -0.4 is 10.6 Å². The molecule has 0 saturated carbocycles. The van der Waals surface area contributed by atoms with E-state index in [0.29, 0.717) is 16.8 Å². The van der Waals surface area contributed by atoms with Crippen molar-refractivity contribution in [1.82, 2.24) is 0 Å². The Labute approximate surface area is 182 Å². The number of nitrogens with one attached hydrogen (secondary N) is 2. The van der Waals surface area contributed by atoms with E-state index >= 15 is 0 Å². The van der Waals surface area contributed by atoms with Gasteiger partial charge in [-0.05, 0) is 53.9 Å².